The fourth-order valence-electron chi connectivity index (χ4n) is 3.08. The molecule has 1 N–H and O–H groups in total. The van der Waals surface area contributed by atoms with E-state index in [0.29, 0.717) is 23.0 Å². The first-order valence-electron chi connectivity index (χ1n) is 7.94. The number of ether oxygens (including phenoxy) is 1. The van der Waals surface area contributed by atoms with E-state index in [-0.39, 0.29) is 11.9 Å². The number of carbonyl (C=O) groups is 1. The number of aryl methyl sites for hydroxylation is 1. The monoisotopic (exact) mass is 364 g/mol. The maximum Gasteiger partial charge on any atom is 0.238 e. The summed E-state index contributed by atoms with van der Waals surface area (Å²) in [6.45, 7) is 5.33. The van der Waals surface area contributed by atoms with E-state index in [2.05, 4.69) is 28.6 Å². The number of halogens is 1. The average Bonchev–Trinajstić information content (AvgIpc) is 3.03. The van der Waals surface area contributed by atoms with Crippen LogP contribution in [0.4, 0.5) is 5.69 Å². The number of methoxy groups -OCH3 is 1. The Hall–Kier alpha value is -1.56. The van der Waals surface area contributed by atoms with Crippen molar-refractivity contribution in [1.82, 2.24) is 4.90 Å². The minimum atomic E-state index is -0.0412. The highest BCUT2D eigenvalue weighted by Gasteiger charge is 2.26. The lowest BCUT2D eigenvalue weighted by molar-refractivity contribution is -0.117. The molecule has 0 fully saturated rings. The van der Waals surface area contributed by atoms with Crippen molar-refractivity contribution in [3.63, 3.8) is 0 Å². The van der Waals surface area contributed by atoms with Crippen LogP contribution in [-0.2, 0) is 11.2 Å². The van der Waals surface area contributed by atoms with Crippen LogP contribution in [0.25, 0.3) is 0 Å². The number of benzene rings is 1. The second-order valence-corrected chi connectivity index (χ2v) is 7.45. The van der Waals surface area contributed by atoms with Crippen molar-refractivity contribution < 1.29 is 9.53 Å². The van der Waals surface area contributed by atoms with Crippen LogP contribution in [0.1, 0.15) is 29.0 Å². The normalized spacial score (nSPS) is 17.4. The zero-order chi connectivity index (χ0) is 17.3. The topological polar surface area (TPSA) is 41.6 Å². The predicted molar refractivity (Wildman–Crippen MR) is 99.4 cm³/mol. The number of rotatable bonds is 4. The molecule has 1 amide bonds. The summed E-state index contributed by atoms with van der Waals surface area (Å²) in [7, 11) is 1.57. The molecule has 0 saturated heterocycles. The summed E-state index contributed by atoms with van der Waals surface area (Å²) in [6, 6.07) is 6.00. The second kappa shape index (κ2) is 7.13. The van der Waals surface area contributed by atoms with E-state index < -0.39 is 0 Å². The lowest BCUT2D eigenvalue weighted by atomic mass is 10.0. The van der Waals surface area contributed by atoms with Gasteiger partial charge in [-0.15, -0.1) is 11.3 Å². The number of thiophene rings is 1. The summed E-state index contributed by atoms with van der Waals surface area (Å²) in [4.78, 5) is 16.1. The first-order valence-corrected chi connectivity index (χ1v) is 9.19. The summed E-state index contributed by atoms with van der Waals surface area (Å²) in [5, 5.41) is 5.71. The summed E-state index contributed by atoms with van der Waals surface area (Å²) >= 11 is 7.92. The molecule has 0 bridgehead atoms. The number of nitrogens with one attached hydrogen (secondary N) is 1. The van der Waals surface area contributed by atoms with Crippen molar-refractivity contribution in [2.75, 3.05) is 25.5 Å². The standard InChI is InChI=1S/C18H21ClN2O2S/c1-11-8-15(16(23-3)9-14(11)19)20-18(22)10-21-6-4-17-13(12(21)2)5-7-24-17/h5,7-9,12H,4,6,10H2,1-3H3,(H,20,22). The van der Waals surface area contributed by atoms with E-state index in [4.69, 9.17) is 16.3 Å². The number of hydrogen-bond donors (Lipinski definition) is 1. The molecule has 1 aromatic heterocycles. The Kier molecular flexibility index (Phi) is 5.13. The van der Waals surface area contributed by atoms with Crippen molar-refractivity contribution in [3.8, 4) is 5.75 Å². The predicted octanol–water partition coefficient (Wildman–Crippen LogP) is 4.28. The lowest BCUT2D eigenvalue weighted by Gasteiger charge is -2.33. The number of fused-ring (bicyclic) bond motifs is 1. The van der Waals surface area contributed by atoms with Gasteiger partial charge in [-0.1, -0.05) is 11.6 Å². The molecular formula is C18H21ClN2O2S. The summed E-state index contributed by atoms with van der Waals surface area (Å²) in [5.41, 5.74) is 2.91. The maximum atomic E-state index is 12.5. The number of anilines is 1. The zero-order valence-corrected chi connectivity index (χ0v) is 15.6. The van der Waals surface area contributed by atoms with Gasteiger partial charge in [0.05, 0.1) is 19.3 Å². The largest absolute Gasteiger partial charge is 0.495 e. The van der Waals surface area contributed by atoms with Crippen LogP contribution >= 0.6 is 22.9 Å². The van der Waals surface area contributed by atoms with Crippen LogP contribution in [0.5, 0.6) is 5.75 Å². The molecule has 1 unspecified atom stereocenters. The highest BCUT2D eigenvalue weighted by atomic mass is 35.5. The van der Waals surface area contributed by atoms with Crippen LogP contribution < -0.4 is 10.1 Å². The van der Waals surface area contributed by atoms with Gasteiger partial charge in [-0.2, -0.15) is 0 Å². The molecule has 1 aliphatic heterocycles. The van der Waals surface area contributed by atoms with Gasteiger partial charge in [0.2, 0.25) is 5.91 Å². The van der Waals surface area contributed by atoms with Gasteiger partial charge in [-0.25, -0.2) is 0 Å². The second-order valence-electron chi connectivity index (χ2n) is 6.05. The van der Waals surface area contributed by atoms with Crippen LogP contribution in [0.15, 0.2) is 23.6 Å². The Bertz CT molecular complexity index is 759. The third-order valence-electron chi connectivity index (χ3n) is 4.51. The van der Waals surface area contributed by atoms with E-state index >= 15 is 0 Å². The smallest absolute Gasteiger partial charge is 0.238 e. The van der Waals surface area contributed by atoms with Crippen molar-refractivity contribution in [2.24, 2.45) is 0 Å². The Morgan fingerprint density at radius 3 is 3.04 bits per heavy atom. The van der Waals surface area contributed by atoms with Gasteiger partial charge >= 0.3 is 0 Å². The fourth-order valence-corrected chi connectivity index (χ4v) is 4.20. The molecule has 4 nitrogen and oxygen atoms in total. The van der Waals surface area contributed by atoms with Crippen molar-refractivity contribution >= 4 is 34.5 Å². The number of amides is 1. The molecule has 2 aromatic rings. The van der Waals surface area contributed by atoms with Gasteiger partial charge in [-0.3, -0.25) is 9.69 Å². The summed E-state index contributed by atoms with van der Waals surface area (Å²) < 4.78 is 5.32. The molecule has 0 spiro atoms. The van der Waals surface area contributed by atoms with Crippen LogP contribution in [0.2, 0.25) is 5.02 Å². The van der Waals surface area contributed by atoms with E-state index in [0.717, 1.165) is 18.5 Å². The molecule has 24 heavy (non-hydrogen) atoms. The van der Waals surface area contributed by atoms with Gasteiger partial charge in [0.1, 0.15) is 5.75 Å². The summed E-state index contributed by atoms with van der Waals surface area (Å²) in [5.74, 6) is 0.534. The van der Waals surface area contributed by atoms with Gasteiger partial charge < -0.3 is 10.1 Å². The number of carbonyl (C=O) groups excluding carboxylic acids is 1. The molecule has 3 rings (SSSR count). The molecule has 0 saturated carbocycles. The van der Waals surface area contributed by atoms with Crippen molar-refractivity contribution in [3.05, 3.63) is 44.6 Å². The van der Waals surface area contributed by atoms with Crippen LogP contribution in [0, 0.1) is 6.92 Å². The van der Waals surface area contributed by atoms with Crippen LogP contribution in [0.3, 0.4) is 0 Å². The molecule has 6 heteroatoms. The Balaban J connectivity index is 1.70. The van der Waals surface area contributed by atoms with E-state index in [9.17, 15) is 4.79 Å². The number of nitrogens with zero attached hydrogens (tertiary/aromatic N) is 1. The van der Waals surface area contributed by atoms with E-state index in [1.807, 2.05) is 13.0 Å². The Morgan fingerprint density at radius 2 is 2.29 bits per heavy atom. The first-order chi connectivity index (χ1) is 11.5. The molecule has 2 heterocycles. The fraction of sp³-hybridized carbons (Fsp3) is 0.389. The van der Waals surface area contributed by atoms with Gasteiger partial charge in [-0.05, 0) is 48.9 Å². The van der Waals surface area contributed by atoms with E-state index in [1.54, 1.807) is 24.5 Å². The minimum absolute atomic E-state index is 0.0412. The third kappa shape index (κ3) is 3.43. The summed E-state index contributed by atoms with van der Waals surface area (Å²) in [6.07, 6.45) is 1.01. The zero-order valence-electron chi connectivity index (χ0n) is 14.1. The molecular weight excluding hydrogens is 344 g/mol. The number of hydrogen-bond acceptors (Lipinski definition) is 4. The average molecular weight is 365 g/mol. The van der Waals surface area contributed by atoms with E-state index in [1.165, 1.54) is 10.4 Å². The third-order valence-corrected chi connectivity index (χ3v) is 5.91. The maximum absolute atomic E-state index is 12.5. The quantitative estimate of drug-likeness (QED) is 0.880. The minimum Gasteiger partial charge on any atom is -0.495 e. The molecule has 128 valence electrons. The molecule has 0 aliphatic carbocycles. The molecule has 1 aromatic carbocycles. The van der Waals surface area contributed by atoms with Crippen molar-refractivity contribution in [1.29, 1.82) is 0 Å². The van der Waals surface area contributed by atoms with Gasteiger partial charge in [0.25, 0.3) is 0 Å². The SMILES string of the molecule is COc1cc(Cl)c(C)cc1NC(=O)CN1CCc2sccc2C1C. The molecule has 1 aliphatic rings. The molecule has 0 radical (unpaired) electrons. The highest BCUT2D eigenvalue weighted by molar-refractivity contribution is 7.10. The van der Waals surface area contributed by atoms with Gasteiger partial charge in [0.15, 0.2) is 0 Å². The van der Waals surface area contributed by atoms with Gasteiger partial charge in [0, 0.05) is 28.6 Å². The highest BCUT2D eigenvalue weighted by Crippen LogP contribution is 2.33. The Labute approximate surface area is 151 Å². The Morgan fingerprint density at radius 1 is 1.50 bits per heavy atom. The first kappa shape index (κ1) is 17.3. The molecule has 1 atom stereocenters. The van der Waals surface area contributed by atoms with Crippen molar-refractivity contribution in [2.45, 2.75) is 26.3 Å². The lowest BCUT2D eigenvalue weighted by Crippen LogP contribution is -2.39. The van der Waals surface area contributed by atoms with Crippen LogP contribution in [-0.4, -0.2) is 31.0 Å².